The molecule has 0 unspecified atom stereocenters. The first-order chi connectivity index (χ1) is 11.3. The van der Waals surface area contributed by atoms with Crippen molar-refractivity contribution in [1.29, 1.82) is 0 Å². The number of carbonyl (C=O) groups is 1. The lowest BCUT2D eigenvalue weighted by Crippen LogP contribution is -2.41. The van der Waals surface area contributed by atoms with Crippen LogP contribution in [0.4, 0.5) is 13.2 Å². The van der Waals surface area contributed by atoms with Gasteiger partial charge in [0.05, 0.1) is 13.1 Å². The Balaban J connectivity index is 1.90. The average Bonchev–Trinajstić information content (AvgIpc) is 3.02. The number of amides is 1. The van der Waals surface area contributed by atoms with Crippen molar-refractivity contribution in [2.24, 2.45) is 5.73 Å². The summed E-state index contributed by atoms with van der Waals surface area (Å²) < 4.78 is 44.3. The molecule has 0 aliphatic carbocycles. The van der Waals surface area contributed by atoms with E-state index in [4.69, 9.17) is 10.3 Å². The molecule has 24 heavy (non-hydrogen) atoms. The molecule has 9 heteroatoms. The van der Waals surface area contributed by atoms with Crippen LogP contribution < -0.4 is 11.1 Å². The molecule has 2 aromatic rings. The molecule has 1 aromatic heterocycles. The highest BCUT2D eigenvalue weighted by atomic mass is 19.3. The summed E-state index contributed by atoms with van der Waals surface area (Å²) in [5.41, 5.74) is 5.81. The van der Waals surface area contributed by atoms with Gasteiger partial charge in [-0.3, -0.25) is 4.79 Å². The van der Waals surface area contributed by atoms with E-state index in [0.717, 1.165) is 0 Å². The van der Waals surface area contributed by atoms with E-state index in [1.165, 1.54) is 6.07 Å². The van der Waals surface area contributed by atoms with Gasteiger partial charge < -0.3 is 15.6 Å². The van der Waals surface area contributed by atoms with E-state index in [0.29, 0.717) is 11.1 Å². The third-order valence-corrected chi connectivity index (χ3v) is 3.31. The number of nitrogens with two attached hydrogens (primary N) is 1. The number of benzene rings is 1. The van der Waals surface area contributed by atoms with Gasteiger partial charge >= 0.3 is 0 Å². The zero-order valence-electron chi connectivity index (χ0n) is 13.0. The molecule has 0 aliphatic heterocycles. The number of nitrogens with zero attached hydrogens (tertiary/aromatic N) is 2. The summed E-state index contributed by atoms with van der Waals surface area (Å²) in [4.78, 5) is 15.6. The Labute approximate surface area is 136 Å². The largest absolute Gasteiger partial charge is 0.350 e. The Bertz CT molecular complexity index is 718. The van der Waals surface area contributed by atoms with Crippen molar-refractivity contribution in [2.75, 3.05) is 13.1 Å². The second-order valence-electron chi connectivity index (χ2n) is 5.31. The van der Waals surface area contributed by atoms with Gasteiger partial charge in [-0.15, -0.1) is 0 Å². The molecule has 0 aliphatic rings. The lowest BCUT2D eigenvalue weighted by Gasteiger charge is -2.14. The number of rotatable bonds is 7. The SMILES string of the molecule is Cc1ccc(-c2noc(CCC(=O)NCC(F)(F)CN)n2)cc1F. The Hall–Kier alpha value is -2.42. The fourth-order valence-electron chi connectivity index (χ4n) is 1.81. The summed E-state index contributed by atoms with van der Waals surface area (Å²) in [6.45, 7) is -0.0267. The van der Waals surface area contributed by atoms with E-state index in [2.05, 4.69) is 15.5 Å². The molecule has 3 N–H and O–H groups in total. The molecule has 0 fully saturated rings. The van der Waals surface area contributed by atoms with Gasteiger partial charge in [0.1, 0.15) is 5.82 Å². The number of aromatic nitrogens is 2. The number of halogens is 3. The molecule has 0 atom stereocenters. The van der Waals surface area contributed by atoms with E-state index in [1.807, 2.05) is 0 Å². The first-order valence-corrected chi connectivity index (χ1v) is 7.24. The highest BCUT2D eigenvalue weighted by molar-refractivity contribution is 5.76. The van der Waals surface area contributed by atoms with Crippen molar-refractivity contribution in [1.82, 2.24) is 15.5 Å². The van der Waals surface area contributed by atoms with Crippen LogP contribution in [0.1, 0.15) is 17.9 Å². The van der Waals surface area contributed by atoms with E-state index in [-0.39, 0.29) is 30.4 Å². The lowest BCUT2D eigenvalue weighted by molar-refractivity contribution is -0.122. The highest BCUT2D eigenvalue weighted by Crippen LogP contribution is 2.19. The van der Waals surface area contributed by atoms with Crippen LogP contribution in [0.15, 0.2) is 22.7 Å². The first kappa shape index (κ1) is 17.9. The number of nitrogens with one attached hydrogen (secondary N) is 1. The minimum Gasteiger partial charge on any atom is -0.350 e. The van der Waals surface area contributed by atoms with Crippen LogP contribution in [0.3, 0.4) is 0 Å². The molecule has 0 saturated heterocycles. The number of aryl methyl sites for hydroxylation is 2. The Morgan fingerprint density at radius 2 is 2.17 bits per heavy atom. The van der Waals surface area contributed by atoms with E-state index < -0.39 is 24.9 Å². The Morgan fingerprint density at radius 1 is 1.42 bits per heavy atom. The summed E-state index contributed by atoms with van der Waals surface area (Å²) >= 11 is 0. The normalized spacial score (nSPS) is 11.5. The maximum absolute atomic E-state index is 13.5. The van der Waals surface area contributed by atoms with Crippen LogP contribution in [0.5, 0.6) is 0 Å². The molecule has 1 heterocycles. The lowest BCUT2D eigenvalue weighted by atomic mass is 10.1. The fourth-order valence-corrected chi connectivity index (χ4v) is 1.81. The van der Waals surface area contributed by atoms with Crippen LogP contribution in [-0.2, 0) is 11.2 Å². The molecule has 1 amide bonds. The quantitative estimate of drug-likeness (QED) is 0.800. The molecular formula is C15H17F3N4O2. The highest BCUT2D eigenvalue weighted by Gasteiger charge is 2.27. The van der Waals surface area contributed by atoms with Gasteiger partial charge in [-0.2, -0.15) is 4.98 Å². The number of hydrogen-bond donors (Lipinski definition) is 2. The molecular weight excluding hydrogens is 325 g/mol. The number of carbonyl (C=O) groups excluding carboxylic acids is 1. The van der Waals surface area contributed by atoms with Gasteiger partial charge in [-0.05, 0) is 18.6 Å². The summed E-state index contributed by atoms with van der Waals surface area (Å²) in [7, 11) is 0. The summed E-state index contributed by atoms with van der Waals surface area (Å²) in [5, 5.41) is 5.80. The minimum absolute atomic E-state index is 0.0847. The molecule has 0 radical (unpaired) electrons. The first-order valence-electron chi connectivity index (χ1n) is 7.24. The third-order valence-electron chi connectivity index (χ3n) is 3.31. The molecule has 130 valence electrons. The standard InChI is InChI=1S/C15H17F3N4O2/c1-9-2-3-10(6-11(9)16)14-21-13(24-22-14)5-4-12(23)20-8-15(17,18)7-19/h2-3,6H,4-5,7-8,19H2,1H3,(H,20,23). The van der Waals surface area contributed by atoms with Crippen molar-refractivity contribution >= 4 is 5.91 Å². The van der Waals surface area contributed by atoms with E-state index >= 15 is 0 Å². The minimum atomic E-state index is -3.14. The molecule has 1 aromatic carbocycles. The smallest absolute Gasteiger partial charge is 0.277 e. The maximum Gasteiger partial charge on any atom is 0.277 e. The van der Waals surface area contributed by atoms with E-state index in [9.17, 15) is 18.0 Å². The molecule has 0 spiro atoms. The van der Waals surface area contributed by atoms with Crippen molar-refractivity contribution in [3.63, 3.8) is 0 Å². The maximum atomic E-state index is 13.5. The fraction of sp³-hybridized carbons (Fsp3) is 0.400. The van der Waals surface area contributed by atoms with Crippen molar-refractivity contribution in [2.45, 2.75) is 25.7 Å². The van der Waals surface area contributed by atoms with Crippen molar-refractivity contribution < 1.29 is 22.5 Å². The van der Waals surface area contributed by atoms with Gasteiger partial charge in [-0.25, -0.2) is 13.2 Å². The second kappa shape index (κ2) is 7.43. The van der Waals surface area contributed by atoms with Crippen LogP contribution >= 0.6 is 0 Å². The Kier molecular flexibility index (Phi) is 5.55. The van der Waals surface area contributed by atoms with Crippen LogP contribution in [-0.4, -0.2) is 35.1 Å². The van der Waals surface area contributed by atoms with Crippen molar-refractivity contribution in [3.05, 3.63) is 35.5 Å². The van der Waals surface area contributed by atoms with E-state index in [1.54, 1.807) is 19.1 Å². The summed E-state index contributed by atoms with van der Waals surface area (Å²) in [6.07, 6.45) is -0.00802. The van der Waals surface area contributed by atoms with Gasteiger partial charge in [0.15, 0.2) is 0 Å². The summed E-state index contributed by atoms with van der Waals surface area (Å²) in [6, 6.07) is 4.52. The zero-order chi connectivity index (χ0) is 17.7. The predicted octanol–water partition coefficient (Wildman–Crippen LogP) is 1.83. The van der Waals surface area contributed by atoms with Crippen LogP contribution in [0.25, 0.3) is 11.4 Å². The monoisotopic (exact) mass is 342 g/mol. The van der Waals surface area contributed by atoms with Gasteiger partial charge in [0, 0.05) is 18.4 Å². The topological polar surface area (TPSA) is 94.0 Å². The number of alkyl halides is 2. The predicted molar refractivity (Wildman–Crippen MR) is 79.8 cm³/mol. The molecule has 2 rings (SSSR count). The molecule has 6 nitrogen and oxygen atoms in total. The van der Waals surface area contributed by atoms with Crippen LogP contribution in [0.2, 0.25) is 0 Å². The van der Waals surface area contributed by atoms with Crippen molar-refractivity contribution in [3.8, 4) is 11.4 Å². The summed E-state index contributed by atoms with van der Waals surface area (Å²) in [5.74, 6) is -3.75. The van der Waals surface area contributed by atoms with Gasteiger partial charge in [0.25, 0.3) is 5.92 Å². The van der Waals surface area contributed by atoms with Gasteiger partial charge in [-0.1, -0.05) is 17.3 Å². The second-order valence-corrected chi connectivity index (χ2v) is 5.31. The Morgan fingerprint density at radius 3 is 2.83 bits per heavy atom. The number of hydrogen-bond acceptors (Lipinski definition) is 5. The average molecular weight is 342 g/mol. The van der Waals surface area contributed by atoms with Gasteiger partial charge in [0.2, 0.25) is 17.6 Å². The molecule has 0 saturated carbocycles. The zero-order valence-corrected chi connectivity index (χ0v) is 13.0. The van der Waals surface area contributed by atoms with Crippen LogP contribution in [0, 0.1) is 12.7 Å². The third kappa shape index (κ3) is 4.79. The molecule has 0 bridgehead atoms.